The summed E-state index contributed by atoms with van der Waals surface area (Å²) in [6.45, 7) is 17.7. The largest absolute Gasteiger partial charge is 2.00 e. The van der Waals surface area contributed by atoms with E-state index in [2.05, 4.69) is 96.7 Å². The molecule has 0 bridgehead atoms. The standard InChI is InChI=1S/C49H78N2.C13H20O2.Ni/c1-7-13-15-17-18-19-20-21-22-23-24-25-26-27-28-29-31-35-49(50-46-38-36-42(11-5)43(12-6)40-46)48(34-30-16-14-8-2)51-47-39-37-44(32-9-3)45(41-47)33-10-4;1-3-5-6-7-10-8-9-12(14)13(15)11(10)4-2;/h36-41H,7-30,32-34H2,1-6H3;8-9,14-15H,3-7H2,1-2H3;/q;;+2/p-2. The molecular formula is C62H96N2NiO2. The molecule has 0 unspecified atom stereocenters. The molecule has 67 heavy (non-hydrogen) atoms. The van der Waals surface area contributed by atoms with E-state index in [4.69, 9.17) is 9.98 Å². The zero-order valence-corrected chi connectivity index (χ0v) is 45.3. The van der Waals surface area contributed by atoms with Gasteiger partial charge in [0.1, 0.15) is 5.71 Å². The minimum atomic E-state index is -0.369. The molecule has 4 nitrogen and oxygen atoms in total. The van der Waals surface area contributed by atoms with Crippen molar-refractivity contribution in [3.05, 3.63) is 81.9 Å². The molecule has 0 saturated heterocycles. The van der Waals surface area contributed by atoms with Crippen molar-refractivity contribution >= 4 is 22.8 Å². The van der Waals surface area contributed by atoms with Gasteiger partial charge in [0.2, 0.25) is 0 Å². The van der Waals surface area contributed by atoms with Crippen LogP contribution in [0.4, 0.5) is 11.4 Å². The van der Waals surface area contributed by atoms with Crippen molar-refractivity contribution in [1.82, 2.24) is 0 Å². The second-order valence-corrected chi connectivity index (χ2v) is 18.8. The predicted octanol–water partition coefficient (Wildman–Crippen LogP) is 17.9. The Bertz CT molecular complexity index is 1850. The first-order chi connectivity index (χ1) is 32.3. The van der Waals surface area contributed by atoms with Crippen LogP contribution in [0.3, 0.4) is 0 Å². The summed E-state index contributed by atoms with van der Waals surface area (Å²) in [5, 5.41) is 22.7. The van der Waals surface area contributed by atoms with Gasteiger partial charge in [-0.1, -0.05) is 226 Å². The molecule has 0 N–H and O–H groups in total. The van der Waals surface area contributed by atoms with Crippen LogP contribution in [0.25, 0.3) is 0 Å². The zero-order valence-electron chi connectivity index (χ0n) is 44.3. The Hall–Kier alpha value is -3.35. The molecule has 0 fully saturated rings. The Balaban J connectivity index is 0.00000119. The third-order valence-electron chi connectivity index (χ3n) is 13.1. The minimum Gasteiger partial charge on any atom is -0.873 e. The fourth-order valence-corrected chi connectivity index (χ4v) is 9.01. The van der Waals surface area contributed by atoms with Crippen LogP contribution in [0, 0.1) is 11.8 Å². The van der Waals surface area contributed by atoms with Crippen LogP contribution in [-0.2, 0) is 55.0 Å². The number of unbranched alkanes of at least 4 members (excludes halogenated alkanes) is 20. The number of benzene rings is 3. The van der Waals surface area contributed by atoms with Crippen LogP contribution < -0.4 is 10.2 Å². The van der Waals surface area contributed by atoms with Crippen LogP contribution in [-0.4, -0.2) is 11.4 Å². The number of aliphatic imine (C=N–C) groups is 2. The second-order valence-electron chi connectivity index (χ2n) is 18.8. The molecule has 0 aromatic heterocycles. The van der Waals surface area contributed by atoms with Crippen LogP contribution in [0.5, 0.6) is 11.5 Å². The Morgan fingerprint density at radius 3 is 1.46 bits per heavy atom. The minimum absolute atomic E-state index is 0. The van der Waals surface area contributed by atoms with Gasteiger partial charge in [-0.15, -0.1) is 11.5 Å². The molecule has 3 aromatic rings. The molecule has 376 valence electrons. The molecule has 0 atom stereocenters. The Labute approximate surface area is 423 Å². The maximum Gasteiger partial charge on any atom is 2.00 e. The van der Waals surface area contributed by atoms with Gasteiger partial charge in [0.15, 0.2) is 0 Å². The van der Waals surface area contributed by atoms with Crippen LogP contribution in [0.15, 0.2) is 58.5 Å². The molecule has 0 heterocycles. The van der Waals surface area contributed by atoms with Gasteiger partial charge in [0.25, 0.3) is 0 Å². The monoisotopic (exact) mass is 959 g/mol. The van der Waals surface area contributed by atoms with E-state index in [0.717, 1.165) is 98.1 Å². The van der Waals surface area contributed by atoms with E-state index in [1.165, 1.54) is 163 Å². The number of hydrogen-bond donors (Lipinski definition) is 0. The molecule has 0 aliphatic heterocycles. The summed E-state index contributed by atoms with van der Waals surface area (Å²) in [4.78, 5) is 10.6. The first kappa shape index (κ1) is 61.7. The Morgan fingerprint density at radius 1 is 0.433 bits per heavy atom. The van der Waals surface area contributed by atoms with E-state index in [1.54, 1.807) is 0 Å². The van der Waals surface area contributed by atoms with Gasteiger partial charge in [0.05, 0.1) is 17.1 Å². The maximum atomic E-state index is 11.5. The van der Waals surface area contributed by atoms with Gasteiger partial charge in [-0.25, -0.2) is 4.99 Å². The fourth-order valence-electron chi connectivity index (χ4n) is 9.01. The van der Waals surface area contributed by atoms with Gasteiger partial charge in [0, 0.05) is 6.42 Å². The van der Waals surface area contributed by atoms with Crippen molar-refractivity contribution < 1.29 is 26.7 Å². The van der Waals surface area contributed by atoms with Gasteiger partial charge in [-0.05, 0) is 122 Å². The van der Waals surface area contributed by atoms with E-state index >= 15 is 0 Å². The Kier molecular flexibility index (Phi) is 37.3. The molecule has 0 aliphatic rings. The third-order valence-corrected chi connectivity index (χ3v) is 13.1. The van der Waals surface area contributed by atoms with Gasteiger partial charge >= 0.3 is 16.5 Å². The van der Waals surface area contributed by atoms with E-state index < -0.39 is 0 Å². The maximum absolute atomic E-state index is 11.5. The molecule has 0 spiro atoms. The third kappa shape index (κ3) is 26.3. The molecule has 0 amide bonds. The average Bonchev–Trinajstić information content (AvgIpc) is 3.33. The zero-order chi connectivity index (χ0) is 48.0. The molecule has 0 aliphatic carbocycles. The first-order valence-electron chi connectivity index (χ1n) is 27.7. The van der Waals surface area contributed by atoms with Crippen LogP contribution in [0.1, 0.15) is 256 Å². The van der Waals surface area contributed by atoms with Crippen molar-refractivity contribution in [3.63, 3.8) is 0 Å². The summed E-state index contributed by atoms with van der Waals surface area (Å²) in [6.07, 6.45) is 39.2. The number of hydrogen-bond acceptors (Lipinski definition) is 4. The predicted molar refractivity (Wildman–Crippen MR) is 288 cm³/mol. The van der Waals surface area contributed by atoms with E-state index in [-0.39, 0.29) is 28.0 Å². The summed E-state index contributed by atoms with van der Waals surface area (Å²) in [5.41, 5.74) is 11.5. The molecule has 3 rings (SSSR count). The summed E-state index contributed by atoms with van der Waals surface area (Å²) in [5.74, 6) is 6.48. The quantitative estimate of drug-likeness (QED) is 0.0259. The molecule has 0 radical (unpaired) electrons. The smallest absolute Gasteiger partial charge is 0.873 e. The van der Waals surface area contributed by atoms with Crippen LogP contribution >= 0.6 is 0 Å². The number of rotatable bonds is 34. The van der Waals surface area contributed by atoms with Gasteiger partial charge in [-0.3, -0.25) is 4.99 Å². The van der Waals surface area contributed by atoms with Crippen molar-refractivity contribution in [2.45, 2.75) is 261 Å². The van der Waals surface area contributed by atoms with Crippen molar-refractivity contribution in [1.29, 1.82) is 0 Å². The second kappa shape index (κ2) is 40.5. The summed E-state index contributed by atoms with van der Waals surface area (Å²) in [7, 11) is 0. The van der Waals surface area contributed by atoms with Crippen molar-refractivity contribution in [2.24, 2.45) is 9.98 Å². The number of nitrogens with zero attached hydrogens (tertiary/aromatic N) is 2. The molecular weight excluding hydrogens is 863 g/mol. The molecule has 5 heteroatoms. The van der Waals surface area contributed by atoms with Crippen LogP contribution in [0.2, 0.25) is 0 Å². The summed E-state index contributed by atoms with van der Waals surface area (Å²) in [6, 6.07) is 16.8. The topological polar surface area (TPSA) is 70.8 Å². The average molecular weight is 960 g/mol. The van der Waals surface area contributed by atoms with E-state index in [1.807, 2.05) is 13.0 Å². The van der Waals surface area contributed by atoms with Gasteiger partial charge < -0.3 is 10.2 Å². The normalized spacial score (nSPS) is 11.5. The number of aryl methyl sites for hydroxylation is 5. The van der Waals surface area contributed by atoms with Crippen molar-refractivity contribution in [3.8, 4) is 23.3 Å². The SMILES string of the molecule is CCCCCCCCCCCCCCCCCC#CC(=Nc1ccc(CC)c(CC)c1)C(CCCCCC)=Nc1ccc(CCC)c(CCC)c1.CCCCCc1ccc([O-])c([O-])c1CC.[Ni+2]. The Morgan fingerprint density at radius 2 is 0.910 bits per heavy atom. The van der Waals surface area contributed by atoms with Crippen molar-refractivity contribution in [2.75, 3.05) is 0 Å². The molecule has 0 saturated carbocycles. The van der Waals surface area contributed by atoms with E-state index in [0.29, 0.717) is 6.42 Å². The summed E-state index contributed by atoms with van der Waals surface area (Å²) >= 11 is 0. The first-order valence-corrected chi connectivity index (χ1v) is 27.7. The van der Waals surface area contributed by atoms with E-state index in [9.17, 15) is 10.2 Å². The summed E-state index contributed by atoms with van der Waals surface area (Å²) < 4.78 is 0. The fraction of sp³-hybridized carbons (Fsp3) is 0.645. The van der Waals surface area contributed by atoms with Gasteiger partial charge in [-0.2, -0.15) is 0 Å². The molecule has 3 aromatic carbocycles.